The Hall–Kier alpha value is -4.27. The van der Waals surface area contributed by atoms with Gasteiger partial charge in [-0.25, -0.2) is 0 Å². The average molecular weight is 723 g/mol. The van der Waals surface area contributed by atoms with Crippen LogP contribution in [0.2, 0.25) is 0 Å². The van der Waals surface area contributed by atoms with Gasteiger partial charge in [0.2, 0.25) is 5.91 Å². The zero-order valence-corrected chi connectivity index (χ0v) is 32.3. The third-order valence-electron chi connectivity index (χ3n) is 10.5. The maximum Gasteiger partial charge on any atom is 0.266 e. The molecule has 0 saturated heterocycles. The van der Waals surface area contributed by atoms with Gasteiger partial charge >= 0.3 is 0 Å². The van der Waals surface area contributed by atoms with Crippen molar-refractivity contribution in [1.29, 1.82) is 0 Å². The van der Waals surface area contributed by atoms with Gasteiger partial charge in [0.25, 0.3) is 16.0 Å². The lowest BCUT2D eigenvalue weighted by atomic mass is 9.73. The molecule has 0 aliphatic heterocycles. The number of nitrogens with one attached hydrogen (secondary N) is 2. The summed E-state index contributed by atoms with van der Waals surface area (Å²) >= 11 is 0. The van der Waals surface area contributed by atoms with Crippen LogP contribution in [0.15, 0.2) is 108 Å². The van der Waals surface area contributed by atoms with Gasteiger partial charge in [-0.15, -0.1) is 0 Å². The van der Waals surface area contributed by atoms with E-state index in [1.165, 1.54) is 23.1 Å². The Balaban J connectivity index is 1.37. The maximum atomic E-state index is 14.2. The molecule has 1 unspecified atom stereocenters. The van der Waals surface area contributed by atoms with Crippen LogP contribution < -0.4 is 10.6 Å². The lowest BCUT2D eigenvalue weighted by molar-refractivity contribution is -0.121. The molecule has 0 fully saturated rings. The van der Waals surface area contributed by atoms with Gasteiger partial charge in [-0.1, -0.05) is 114 Å². The summed E-state index contributed by atoms with van der Waals surface area (Å²) in [6.07, 6.45) is 12.3. The first-order chi connectivity index (χ1) is 24.5. The average Bonchev–Trinajstić information content (AvgIpc) is 3.10. The second-order valence-electron chi connectivity index (χ2n) is 16.2. The number of amides is 2. The molecule has 52 heavy (non-hydrogen) atoms. The summed E-state index contributed by atoms with van der Waals surface area (Å²) in [5.41, 5.74) is 9.80. The minimum absolute atomic E-state index is 0.0701. The van der Waals surface area contributed by atoms with Crippen molar-refractivity contribution in [1.82, 2.24) is 10.6 Å². The zero-order chi connectivity index (χ0) is 37.7. The Bertz CT molecular complexity index is 1950. The van der Waals surface area contributed by atoms with Crippen LogP contribution in [-0.2, 0) is 26.7 Å². The number of allylic oxidation sites excluding steroid dienone is 6. The van der Waals surface area contributed by atoms with E-state index >= 15 is 0 Å². The van der Waals surface area contributed by atoms with Crippen molar-refractivity contribution in [3.05, 3.63) is 130 Å². The summed E-state index contributed by atoms with van der Waals surface area (Å²) in [7, 11) is -4.17. The van der Waals surface area contributed by atoms with Crippen LogP contribution in [-0.4, -0.2) is 37.1 Å². The van der Waals surface area contributed by atoms with E-state index in [-0.39, 0.29) is 17.9 Å². The minimum Gasteiger partial charge on any atom is -0.351 e. The highest BCUT2D eigenvalue weighted by molar-refractivity contribution is 7.85. The minimum atomic E-state index is -4.17. The van der Waals surface area contributed by atoms with Crippen molar-refractivity contribution < 1.29 is 22.6 Å². The smallest absolute Gasteiger partial charge is 0.266 e. The topological polar surface area (TPSA) is 113 Å². The van der Waals surface area contributed by atoms with Gasteiger partial charge in [0.15, 0.2) is 0 Å². The summed E-state index contributed by atoms with van der Waals surface area (Å²) in [4.78, 5) is 26.8. The monoisotopic (exact) mass is 722 g/mol. The molecule has 276 valence electrons. The molecular weight excluding hydrogens is 669 g/mol. The normalized spacial score (nSPS) is 18.1. The SMILES string of the molecule is CCC1CC(NC(=O)[C@H](Cc2ccc(C(=O)NCCS(=O)(=O)O)cc2)c2ccc(-c3ccc(C(C)(C)C)cc3)cc2)=CC=C1C1=CCC(C)(C)CC1. The Morgan fingerprint density at radius 2 is 1.56 bits per heavy atom. The fourth-order valence-corrected chi connectivity index (χ4v) is 7.40. The molecular formula is C44H54N2O5S. The molecule has 0 spiro atoms. The summed E-state index contributed by atoms with van der Waals surface area (Å²) in [6, 6.07) is 23.8. The van der Waals surface area contributed by atoms with Crippen LogP contribution in [0, 0.1) is 11.3 Å². The molecule has 0 heterocycles. The second kappa shape index (κ2) is 16.2. The molecule has 2 atom stereocenters. The van der Waals surface area contributed by atoms with Crippen LogP contribution in [0.1, 0.15) is 107 Å². The molecule has 3 aromatic rings. The highest BCUT2D eigenvalue weighted by Gasteiger charge is 2.29. The molecule has 0 aromatic heterocycles. The fourth-order valence-electron chi connectivity index (χ4n) is 7.04. The first kappa shape index (κ1) is 38.9. The van der Waals surface area contributed by atoms with Crippen LogP contribution in [0.4, 0.5) is 0 Å². The largest absolute Gasteiger partial charge is 0.351 e. The van der Waals surface area contributed by atoms with E-state index in [1.54, 1.807) is 12.1 Å². The van der Waals surface area contributed by atoms with Crippen LogP contribution >= 0.6 is 0 Å². The first-order valence-corrected chi connectivity index (χ1v) is 20.1. The third kappa shape index (κ3) is 10.4. The molecule has 8 heteroatoms. The Kier molecular flexibility index (Phi) is 12.1. The first-order valence-electron chi connectivity index (χ1n) is 18.5. The molecule has 3 aromatic carbocycles. The molecule has 2 amide bonds. The molecule has 5 rings (SSSR count). The van der Waals surface area contributed by atoms with Gasteiger partial charge in [-0.2, -0.15) is 8.42 Å². The molecule has 2 aliphatic carbocycles. The number of benzene rings is 3. The van der Waals surface area contributed by atoms with Gasteiger partial charge in [0.05, 0.1) is 11.7 Å². The van der Waals surface area contributed by atoms with Gasteiger partial charge in [0, 0.05) is 17.8 Å². The molecule has 0 saturated carbocycles. The van der Waals surface area contributed by atoms with E-state index in [0.29, 0.717) is 23.3 Å². The highest BCUT2D eigenvalue weighted by Crippen LogP contribution is 2.41. The summed E-state index contributed by atoms with van der Waals surface area (Å²) < 4.78 is 31.0. The zero-order valence-electron chi connectivity index (χ0n) is 31.5. The molecule has 3 N–H and O–H groups in total. The second-order valence-corrected chi connectivity index (χ2v) is 17.7. The van der Waals surface area contributed by atoms with E-state index in [9.17, 15) is 18.0 Å². The van der Waals surface area contributed by atoms with Crippen molar-refractivity contribution in [3.8, 4) is 11.1 Å². The lowest BCUT2D eigenvalue weighted by Crippen LogP contribution is -2.32. The molecule has 7 nitrogen and oxygen atoms in total. The Morgan fingerprint density at radius 1 is 0.923 bits per heavy atom. The number of rotatable bonds is 12. The number of carbonyl (C=O) groups is 2. The van der Waals surface area contributed by atoms with E-state index in [2.05, 4.69) is 107 Å². The van der Waals surface area contributed by atoms with Crippen molar-refractivity contribution in [2.75, 3.05) is 12.3 Å². The van der Waals surface area contributed by atoms with Crippen LogP contribution in [0.25, 0.3) is 11.1 Å². The summed E-state index contributed by atoms with van der Waals surface area (Å²) in [6.45, 7) is 13.3. The van der Waals surface area contributed by atoms with Gasteiger partial charge in [-0.3, -0.25) is 14.1 Å². The summed E-state index contributed by atoms with van der Waals surface area (Å²) in [5.74, 6) is -1.21. The highest BCUT2D eigenvalue weighted by atomic mass is 32.2. The van der Waals surface area contributed by atoms with Crippen molar-refractivity contribution in [2.45, 2.75) is 91.4 Å². The van der Waals surface area contributed by atoms with Crippen LogP contribution in [0.3, 0.4) is 0 Å². The summed E-state index contributed by atoms with van der Waals surface area (Å²) in [5, 5.41) is 5.81. The van der Waals surface area contributed by atoms with E-state index in [0.717, 1.165) is 53.6 Å². The quantitative estimate of drug-likeness (QED) is 0.162. The van der Waals surface area contributed by atoms with Crippen molar-refractivity contribution in [3.63, 3.8) is 0 Å². The predicted molar refractivity (Wildman–Crippen MR) is 211 cm³/mol. The van der Waals surface area contributed by atoms with E-state index in [1.807, 2.05) is 24.3 Å². The maximum absolute atomic E-state index is 14.2. The third-order valence-corrected chi connectivity index (χ3v) is 11.2. The van der Waals surface area contributed by atoms with Gasteiger partial charge in [0.1, 0.15) is 0 Å². The number of carbonyl (C=O) groups excluding carboxylic acids is 2. The molecule has 2 aliphatic rings. The predicted octanol–water partition coefficient (Wildman–Crippen LogP) is 9.09. The number of hydrogen-bond donors (Lipinski definition) is 3. The standard InChI is InChI=1S/C44H54N2O5S/c1-7-31-29-38(20-21-39(31)35-22-24-44(5,6)25-23-35)46-42(48)40(28-30-8-10-36(11-9-30)41(47)45-26-27-52(49,50)51)34-14-12-32(13-15-34)33-16-18-37(19-17-33)43(2,3)4/h8-22,31,40H,7,23-29H2,1-6H3,(H,45,47)(H,46,48)(H,49,50,51)/t31?,40-/m1/s1. The van der Waals surface area contributed by atoms with Crippen molar-refractivity contribution >= 4 is 21.9 Å². The van der Waals surface area contributed by atoms with E-state index in [4.69, 9.17) is 4.55 Å². The Labute approximate surface area is 310 Å². The van der Waals surface area contributed by atoms with Gasteiger partial charge in [-0.05, 0) is 112 Å². The fraction of sp³-hybridized carbons (Fsp3) is 0.409. The Morgan fingerprint density at radius 3 is 2.12 bits per heavy atom. The van der Waals surface area contributed by atoms with E-state index < -0.39 is 27.7 Å². The molecule has 0 bridgehead atoms. The number of hydrogen-bond acceptors (Lipinski definition) is 4. The van der Waals surface area contributed by atoms with Gasteiger partial charge < -0.3 is 10.6 Å². The van der Waals surface area contributed by atoms with Crippen LogP contribution in [0.5, 0.6) is 0 Å². The molecule has 0 radical (unpaired) electrons. The lowest BCUT2D eigenvalue weighted by Gasteiger charge is -2.33. The van der Waals surface area contributed by atoms with Crippen molar-refractivity contribution in [2.24, 2.45) is 11.3 Å².